The van der Waals surface area contributed by atoms with Gasteiger partial charge in [0.05, 0.1) is 20.5 Å². The third kappa shape index (κ3) is 6.60. The van der Waals surface area contributed by atoms with E-state index in [2.05, 4.69) is 15.5 Å². The van der Waals surface area contributed by atoms with Crippen LogP contribution in [0.5, 0.6) is 17.2 Å². The molecule has 4 atom stereocenters. The minimum absolute atomic E-state index is 0.0197. The van der Waals surface area contributed by atoms with Gasteiger partial charge in [0.2, 0.25) is 29.0 Å². The number of carbonyl (C=O) groups is 3. The molecule has 268 valence electrons. The first kappa shape index (κ1) is 36.4. The Kier molecular flexibility index (Phi) is 10.7. The summed E-state index contributed by atoms with van der Waals surface area (Å²) in [6.45, 7) is 1.65. The number of hydrogen-bond donors (Lipinski definition) is 2. The fourth-order valence-electron chi connectivity index (χ4n) is 6.58. The molecular formula is C36H36ClN3O9S2. The summed E-state index contributed by atoms with van der Waals surface area (Å²) < 4.78 is 28.2. The van der Waals surface area contributed by atoms with E-state index in [0.29, 0.717) is 23.5 Å². The average molecular weight is 754 g/mol. The summed E-state index contributed by atoms with van der Waals surface area (Å²) in [6, 6.07) is 11.6. The molecular weight excluding hydrogens is 718 g/mol. The fraction of sp³-hybridized carbons (Fsp3) is 0.361. The van der Waals surface area contributed by atoms with Gasteiger partial charge in [-0.25, -0.2) is 0 Å². The van der Waals surface area contributed by atoms with E-state index in [0.717, 1.165) is 4.90 Å². The highest BCUT2D eigenvalue weighted by Gasteiger charge is 2.61. The lowest BCUT2D eigenvalue weighted by Crippen LogP contribution is -2.53. The molecule has 15 heteroatoms. The number of rotatable bonds is 13. The Morgan fingerprint density at radius 1 is 1.16 bits per heavy atom. The molecule has 0 fully saturated rings. The number of allylic oxidation sites excluding steroid dienone is 1. The molecule has 2 N–H and O–H groups in total. The SMILES string of the molecule is COc1cc(OC)c2c(c1Cl)O[C@]1(C2=O)C(O)=C(C(CC(=O)NC(CCSC)c2nc(-c3ccco3)no2)c2ccc(SC)cc2)C(=O)C[C@H]1C. The van der Waals surface area contributed by atoms with Crippen LogP contribution in [-0.4, -0.2) is 70.8 Å². The van der Waals surface area contributed by atoms with Gasteiger partial charge in [0.25, 0.3) is 0 Å². The Bertz CT molecular complexity index is 1980. The van der Waals surface area contributed by atoms with Crippen LogP contribution in [0.25, 0.3) is 11.6 Å². The van der Waals surface area contributed by atoms with Crippen molar-refractivity contribution in [1.82, 2.24) is 15.5 Å². The molecule has 0 radical (unpaired) electrons. The van der Waals surface area contributed by atoms with Crippen LogP contribution in [0.3, 0.4) is 0 Å². The van der Waals surface area contributed by atoms with Crippen LogP contribution < -0.4 is 19.5 Å². The van der Waals surface area contributed by atoms with Crippen molar-refractivity contribution in [3.05, 3.63) is 82.1 Å². The molecule has 2 aromatic carbocycles. The lowest BCUT2D eigenvalue weighted by molar-refractivity contribution is -0.122. The Labute approximate surface area is 307 Å². The molecule has 0 saturated heterocycles. The maximum atomic E-state index is 14.4. The third-order valence-corrected chi connectivity index (χ3v) is 10.9. The fourth-order valence-corrected chi connectivity index (χ4v) is 7.72. The molecule has 2 unspecified atom stereocenters. The summed E-state index contributed by atoms with van der Waals surface area (Å²) in [4.78, 5) is 47.9. The highest BCUT2D eigenvalue weighted by molar-refractivity contribution is 7.98. The summed E-state index contributed by atoms with van der Waals surface area (Å²) in [6.07, 6.45) is 5.44. The van der Waals surface area contributed by atoms with Crippen molar-refractivity contribution in [3.63, 3.8) is 0 Å². The molecule has 12 nitrogen and oxygen atoms in total. The Morgan fingerprint density at radius 2 is 1.90 bits per heavy atom. The number of ketones is 2. The smallest absolute Gasteiger partial charge is 0.249 e. The van der Waals surface area contributed by atoms with Crippen LogP contribution in [0.2, 0.25) is 5.02 Å². The van der Waals surface area contributed by atoms with Crippen LogP contribution in [0, 0.1) is 5.92 Å². The summed E-state index contributed by atoms with van der Waals surface area (Å²) in [5.74, 6) is -1.98. The lowest BCUT2D eigenvalue weighted by atomic mass is 9.69. The molecule has 1 spiro atoms. The van der Waals surface area contributed by atoms with Gasteiger partial charge >= 0.3 is 0 Å². The maximum absolute atomic E-state index is 14.4. The number of methoxy groups -OCH3 is 2. The number of Topliss-reactive ketones (excluding diaryl/α,β-unsaturated/α-hetero) is 2. The van der Waals surface area contributed by atoms with Gasteiger partial charge < -0.3 is 33.6 Å². The number of carbonyl (C=O) groups excluding carboxylic acids is 3. The van der Waals surface area contributed by atoms with E-state index in [1.807, 2.05) is 24.6 Å². The van der Waals surface area contributed by atoms with Crippen LogP contribution in [-0.2, 0) is 9.59 Å². The van der Waals surface area contributed by atoms with Crippen LogP contribution >= 0.6 is 35.1 Å². The highest BCUT2D eigenvalue weighted by Crippen LogP contribution is 2.55. The second-order valence-corrected chi connectivity index (χ2v) is 14.4. The molecule has 1 amide bonds. The van der Waals surface area contributed by atoms with Gasteiger partial charge in [0, 0.05) is 41.2 Å². The molecule has 2 aromatic heterocycles. The van der Waals surface area contributed by atoms with Gasteiger partial charge in [-0.05, 0) is 54.5 Å². The number of fused-ring (bicyclic) bond motifs is 1. The standard InChI is InChI=1S/C36H36ClN3O9S2/c1-18-15-23(41)28(32(43)36(18)33(44)29-25(45-2)17-26(46-3)30(37)31(29)48-36)21(19-8-10-20(51-5)11-9-19)16-27(42)38-22(12-14-50-4)35-39-34(40-49-35)24-7-6-13-47-24/h6-11,13,17-18,21-22,43H,12,14-16H2,1-5H3,(H,38,42)/t18-,21?,22?,36+/m1/s1. The van der Waals surface area contributed by atoms with E-state index in [1.54, 1.807) is 43.0 Å². The number of amides is 1. The first-order chi connectivity index (χ1) is 24.6. The zero-order valence-corrected chi connectivity index (χ0v) is 30.9. The van der Waals surface area contributed by atoms with Crippen LogP contribution in [0.15, 0.2) is 73.9 Å². The maximum Gasteiger partial charge on any atom is 0.249 e. The Hall–Kier alpha value is -4.40. The number of aliphatic hydroxyl groups is 1. The van der Waals surface area contributed by atoms with E-state index in [4.69, 9.17) is 34.8 Å². The van der Waals surface area contributed by atoms with Gasteiger partial charge in [-0.2, -0.15) is 16.7 Å². The van der Waals surface area contributed by atoms with Gasteiger partial charge in [-0.1, -0.05) is 35.8 Å². The van der Waals surface area contributed by atoms with E-state index < -0.39 is 46.7 Å². The van der Waals surface area contributed by atoms with E-state index in [1.165, 1.54) is 38.3 Å². The molecule has 51 heavy (non-hydrogen) atoms. The van der Waals surface area contributed by atoms with Gasteiger partial charge in [0.15, 0.2) is 23.1 Å². The monoisotopic (exact) mass is 753 g/mol. The predicted molar refractivity (Wildman–Crippen MR) is 192 cm³/mol. The van der Waals surface area contributed by atoms with Crippen molar-refractivity contribution in [3.8, 4) is 28.8 Å². The number of thioether (sulfide) groups is 2. The number of aromatic nitrogens is 2. The molecule has 3 heterocycles. The van der Waals surface area contributed by atoms with E-state index >= 15 is 0 Å². The molecule has 2 aliphatic rings. The quantitative estimate of drug-likeness (QED) is 0.132. The van der Waals surface area contributed by atoms with Crippen molar-refractivity contribution in [2.75, 3.05) is 32.5 Å². The predicted octanol–water partition coefficient (Wildman–Crippen LogP) is 7.24. The van der Waals surface area contributed by atoms with Crippen molar-refractivity contribution in [2.24, 2.45) is 5.92 Å². The van der Waals surface area contributed by atoms with Crippen molar-refractivity contribution >= 4 is 52.6 Å². The number of nitrogens with one attached hydrogen (secondary N) is 1. The molecule has 0 bridgehead atoms. The molecule has 1 aliphatic heterocycles. The second-order valence-electron chi connectivity index (χ2n) is 12.1. The summed E-state index contributed by atoms with van der Waals surface area (Å²) >= 11 is 9.75. The molecule has 0 saturated carbocycles. The topological polar surface area (TPSA) is 163 Å². The minimum Gasteiger partial charge on any atom is -0.507 e. The number of furan rings is 1. The molecule has 1 aliphatic carbocycles. The molecule has 6 rings (SSSR count). The second kappa shape index (κ2) is 15.1. The average Bonchev–Trinajstić information content (AvgIpc) is 3.90. The van der Waals surface area contributed by atoms with Gasteiger partial charge in [-0.3, -0.25) is 14.4 Å². The van der Waals surface area contributed by atoms with Crippen LogP contribution in [0.4, 0.5) is 0 Å². The van der Waals surface area contributed by atoms with Gasteiger partial charge in [0.1, 0.15) is 28.1 Å². The van der Waals surface area contributed by atoms with Gasteiger partial charge in [-0.15, -0.1) is 11.8 Å². The Balaban J connectivity index is 1.40. The molecule has 4 aromatic rings. The number of nitrogens with zero attached hydrogens (tertiary/aromatic N) is 2. The van der Waals surface area contributed by atoms with Crippen molar-refractivity contribution in [1.29, 1.82) is 0 Å². The van der Waals surface area contributed by atoms with E-state index in [9.17, 15) is 19.5 Å². The number of aliphatic hydroxyl groups excluding tert-OH is 1. The lowest BCUT2D eigenvalue weighted by Gasteiger charge is -2.38. The zero-order valence-electron chi connectivity index (χ0n) is 28.5. The third-order valence-electron chi connectivity index (χ3n) is 9.19. The largest absolute Gasteiger partial charge is 0.507 e. The number of hydrogen-bond acceptors (Lipinski definition) is 13. The number of ether oxygens (including phenoxy) is 3. The highest BCUT2D eigenvalue weighted by atomic mass is 35.5. The number of benzene rings is 2. The van der Waals surface area contributed by atoms with Crippen molar-refractivity contribution < 1.29 is 42.6 Å². The minimum atomic E-state index is -2.00. The Morgan fingerprint density at radius 3 is 2.55 bits per heavy atom. The van der Waals surface area contributed by atoms with Crippen LogP contribution in [0.1, 0.15) is 60.0 Å². The summed E-state index contributed by atoms with van der Waals surface area (Å²) in [7, 11) is 2.80. The van der Waals surface area contributed by atoms with Crippen molar-refractivity contribution in [2.45, 2.75) is 48.6 Å². The summed E-state index contributed by atoms with van der Waals surface area (Å²) in [5, 5.41) is 19.3. The normalized spacial score (nSPS) is 19.5. The number of halogens is 1. The first-order valence-corrected chi connectivity index (χ1v) is 19.0. The van der Waals surface area contributed by atoms with E-state index in [-0.39, 0.29) is 58.0 Å². The first-order valence-electron chi connectivity index (χ1n) is 16.0. The summed E-state index contributed by atoms with van der Waals surface area (Å²) in [5.41, 5.74) is -1.49. The zero-order chi connectivity index (χ0) is 36.4.